The summed E-state index contributed by atoms with van der Waals surface area (Å²) in [6.45, 7) is 6.39. The molecule has 0 saturated carbocycles. The molecule has 2 heterocycles. The minimum atomic E-state index is -3.13. The van der Waals surface area contributed by atoms with Gasteiger partial charge in [0.05, 0.1) is 24.9 Å². The van der Waals surface area contributed by atoms with Gasteiger partial charge in [0.15, 0.2) is 5.82 Å². The minimum Gasteiger partial charge on any atom is -0.356 e. The summed E-state index contributed by atoms with van der Waals surface area (Å²) in [5, 5.41) is 1.06. The van der Waals surface area contributed by atoms with Crippen molar-refractivity contribution in [3.05, 3.63) is 52.5 Å². The third kappa shape index (κ3) is 5.17. The van der Waals surface area contributed by atoms with Gasteiger partial charge in [-0.25, -0.2) is 9.97 Å². The van der Waals surface area contributed by atoms with Crippen LogP contribution < -0.4 is 4.90 Å². The highest BCUT2D eigenvalue weighted by Gasteiger charge is 2.24. The molecule has 1 saturated heterocycles. The summed E-state index contributed by atoms with van der Waals surface area (Å²) in [6.07, 6.45) is 2.62. The molecule has 164 valence electrons. The van der Waals surface area contributed by atoms with Crippen LogP contribution in [0.5, 0.6) is 0 Å². The SMILES string of the molecule is CCOP(=O)(Cc1ccc(-c2nc(N3CCCC3)c3cc(Br)ccc3n2)cc1)OCC. The molecule has 0 amide bonds. The zero-order valence-corrected chi connectivity index (χ0v) is 20.4. The van der Waals surface area contributed by atoms with Crippen molar-refractivity contribution in [1.82, 2.24) is 9.97 Å². The lowest BCUT2D eigenvalue weighted by Crippen LogP contribution is -2.20. The maximum Gasteiger partial charge on any atom is 0.335 e. The Balaban J connectivity index is 1.67. The normalized spacial score (nSPS) is 14.5. The lowest BCUT2D eigenvalue weighted by molar-refractivity contribution is 0.219. The molecule has 0 N–H and O–H groups in total. The third-order valence-electron chi connectivity index (χ3n) is 5.28. The van der Waals surface area contributed by atoms with E-state index in [1.54, 1.807) is 0 Å². The minimum absolute atomic E-state index is 0.251. The van der Waals surface area contributed by atoms with Crippen LogP contribution in [-0.2, 0) is 19.8 Å². The van der Waals surface area contributed by atoms with Gasteiger partial charge in [0.2, 0.25) is 0 Å². The average molecular weight is 504 g/mol. The molecular weight excluding hydrogens is 477 g/mol. The van der Waals surface area contributed by atoms with Gasteiger partial charge >= 0.3 is 7.60 Å². The van der Waals surface area contributed by atoms with E-state index in [1.807, 2.05) is 50.2 Å². The monoisotopic (exact) mass is 503 g/mol. The summed E-state index contributed by atoms with van der Waals surface area (Å²) in [5.74, 6) is 1.68. The molecule has 0 radical (unpaired) electrons. The number of nitrogens with zero attached hydrogens (tertiary/aromatic N) is 3. The van der Waals surface area contributed by atoms with Crippen LogP contribution >= 0.6 is 23.5 Å². The molecule has 1 fully saturated rings. The van der Waals surface area contributed by atoms with Crippen LogP contribution in [0.25, 0.3) is 22.3 Å². The molecule has 4 rings (SSSR count). The summed E-state index contributed by atoms with van der Waals surface area (Å²) in [4.78, 5) is 12.1. The smallest absolute Gasteiger partial charge is 0.335 e. The Morgan fingerprint density at radius 2 is 1.68 bits per heavy atom. The second-order valence-corrected chi connectivity index (χ2v) is 10.5. The molecule has 1 aliphatic rings. The number of fused-ring (bicyclic) bond motifs is 1. The fourth-order valence-corrected chi connectivity index (χ4v) is 5.95. The van der Waals surface area contributed by atoms with Gasteiger partial charge in [0.1, 0.15) is 5.82 Å². The van der Waals surface area contributed by atoms with Gasteiger partial charge in [-0.2, -0.15) is 0 Å². The molecule has 0 spiro atoms. The Kier molecular flexibility index (Phi) is 7.07. The first kappa shape index (κ1) is 22.4. The second kappa shape index (κ2) is 9.78. The molecule has 3 aromatic rings. The van der Waals surface area contributed by atoms with Gasteiger partial charge in [-0.15, -0.1) is 0 Å². The van der Waals surface area contributed by atoms with E-state index >= 15 is 0 Å². The molecule has 8 heteroatoms. The topological polar surface area (TPSA) is 64.5 Å². The van der Waals surface area contributed by atoms with Crippen LogP contribution in [0.1, 0.15) is 32.3 Å². The highest BCUT2D eigenvalue weighted by atomic mass is 79.9. The number of benzene rings is 2. The van der Waals surface area contributed by atoms with Crippen LogP contribution in [0.2, 0.25) is 0 Å². The first-order valence-electron chi connectivity index (χ1n) is 10.7. The van der Waals surface area contributed by atoms with Crippen molar-refractivity contribution in [2.75, 3.05) is 31.2 Å². The van der Waals surface area contributed by atoms with Crippen molar-refractivity contribution in [2.24, 2.45) is 0 Å². The van der Waals surface area contributed by atoms with Crippen molar-refractivity contribution in [1.29, 1.82) is 0 Å². The quantitative estimate of drug-likeness (QED) is 0.330. The molecular formula is C23H27BrN3O3P. The summed E-state index contributed by atoms with van der Waals surface area (Å²) in [5.41, 5.74) is 2.76. The van der Waals surface area contributed by atoms with Crippen molar-refractivity contribution >= 4 is 40.2 Å². The highest BCUT2D eigenvalue weighted by Crippen LogP contribution is 2.51. The Morgan fingerprint density at radius 3 is 2.32 bits per heavy atom. The first-order valence-corrected chi connectivity index (χ1v) is 13.2. The first-order chi connectivity index (χ1) is 15.0. The summed E-state index contributed by atoms with van der Waals surface area (Å²) in [6, 6.07) is 14.0. The van der Waals surface area contributed by atoms with Crippen LogP contribution in [0.4, 0.5) is 5.82 Å². The van der Waals surface area contributed by atoms with Crippen LogP contribution in [0.15, 0.2) is 46.9 Å². The van der Waals surface area contributed by atoms with E-state index in [0.29, 0.717) is 19.0 Å². The average Bonchev–Trinajstić information content (AvgIpc) is 3.28. The lowest BCUT2D eigenvalue weighted by Gasteiger charge is -2.19. The van der Waals surface area contributed by atoms with Gasteiger partial charge < -0.3 is 13.9 Å². The van der Waals surface area contributed by atoms with Crippen molar-refractivity contribution in [3.63, 3.8) is 0 Å². The van der Waals surface area contributed by atoms with Crippen molar-refractivity contribution in [3.8, 4) is 11.4 Å². The van der Waals surface area contributed by atoms with E-state index < -0.39 is 7.60 Å². The predicted molar refractivity (Wildman–Crippen MR) is 129 cm³/mol. The molecule has 0 atom stereocenters. The third-order valence-corrected chi connectivity index (χ3v) is 7.83. The second-order valence-electron chi connectivity index (χ2n) is 7.53. The van der Waals surface area contributed by atoms with Gasteiger partial charge in [-0.05, 0) is 50.5 Å². The van der Waals surface area contributed by atoms with E-state index in [9.17, 15) is 4.57 Å². The number of rotatable bonds is 8. The summed E-state index contributed by atoms with van der Waals surface area (Å²) in [7, 11) is -3.13. The Hall–Kier alpha value is -1.79. The van der Waals surface area contributed by atoms with Gasteiger partial charge in [0.25, 0.3) is 0 Å². The summed E-state index contributed by atoms with van der Waals surface area (Å²) >= 11 is 3.58. The zero-order valence-electron chi connectivity index (χ0n) is 17.9. The van der Waals surface area contributed by atoms with Gasteiger partial charge in [-0.1, -0.05) is 40.2 Å². The van der Waals surface area contributed by atoms with E-state index in [1.165, 1.54) is 12.8 Å². The fraction of sp³-hybridized carbons (Fsp3) is 0.391. The fourth-order valence-electron chi connectivity index (χ4n) is 3.89. The molecule has 6 nitrogen and oxygen atoms in total. The number of hydrogen-bond donors (Lipinski definition) is 0. The standard InChI is InChI=1S/C23H27BrN3O3P/c1-3-29-31(28,30-4-2)16-17-7-9-18(10-8-17)22-25-21-12-11-19(24)15-20(21)23(26-22)27-13-5-6-14-27/h7-12,15H,3-6,13-14,16H2,1-2H3. The van der Waals surface area contributed by atoms with Gasteiger partial charge in [0, 0.05) is 28.5 Å². The van der Waals surface area contributed by atoms with Crippen LogP contribution in [-0.4, -0.2) is 36.3 Å². The molecule has 0 aliphatic carbocycles. The Bertz CT molecular complexity index is 1090. The molecule has 0 bridgehead atoms. The number of anilines is 1. The maximum atomic E-state index is 12.8. The lowest BCUT2D eigenvalue weighted by atomic mass is 10.1. The Morgan fingerprint density at radius 1 is 1.00 bits per heavy atom. The van der Waals surface area contributed by atoms with Crippen LogP contribution in [0.3, 0.4) is 0 Å². The van der Waals surface area contributed by atoms with E-state index in [0.717, 1.165) is 45.4 Å². The van der Waals surface area contributed by atoms with Crippen molar-refractivity contribution < 1.29 is 13.6 Å². The van der Waals surface area contributed by atoms with E-state index in [2.05, 4.69) is 26.9 Å². The number of halogens is 1. The summed E-state index contributed by atoms with van der Waals surface area (Å²) < 4.78 is 24.7. The molecule has 1 aliphatic heterocycles. The number of hydrogen-bond acceptors (Lipinski definition) is 6. The van der Waals surface area contributed by atoms with E-state index in [4.69, 9.17) is 19.0 Å². The van der Waals surface area contributed by atoms with Gasteiger partial charge in [-0.3, -0.25) is 4.57 Å². The van der Waals surface area contributed by atoms with Crippen molar-refractivity contribution in [2.45, 2.75) is 32.9 Å². The largest absolute Gasteiger partial charge is 0.356 e. The zero-order chi connectivity index (χ0) is 21.8. The van der Waals surface area contributed by atoms with E-state index in [-0.39, 0.29) is 6.16 Å². The molecule has 31 heavy (non-hydrogen) atoms. The molecule has 0 unspecified atom stereocenters. The number of aromatic nitrogens is 2. The highest BCUT2D eigenvalue weighted by molar-refractivity contribution is 9.10. The molecule has 1 aromatic heterocycles. The van der Waals surface area contributed by atoms with Crippen LogP contribution in [0, 0.1) is 0 Å². The predicted octanol–water partition coefficient (Wildman–Crippen LogP) is 6.43. The Labute approximate surface area is 191 Å². The maximum absolute atomic E-state index is 12.8. The molecule has 2 aromatic carbocycles.